The fourth-order valence-corrected chi connectivity index (χ4v) is 0.714. The first kappa shape index (κ1) is 15.2. The van der Waals surface area contributed by atoms with E-state index in [1.54, 1.807) is 0 Å². The lowest BCUT2D eigenvalue weighted by Crippen LogP contribution is -1.73. The monoisotopic (exact) mass is 228 g/mol. The molecule has 0 aliphatic rings. The Hall–Kier alpha value is -0.780. The summed E-state index contributed by atoms with van der Waals surface area (Å²) >= 11 is 0. The molecule has 0 saturated carbocycles. The van der Waals surface area contributed by atoms with Gasteiger partial charge in [0.15, 0.2) is 0 Å². The van der Waals surface area contributed by atoms with Gasteiger partial charge < -0.3 is 0 Å². The molecule has 0 heterocycles. The number of rotatable bonds is 1. The van der Waals surface area contributed by atoms with Gasteiger partial charge in [0.25, 0.3) is 0 Å². The van der Waals surface area contributed by atoms with Crippen LogP contribution in [0.3, 0.4) is 0 Å². The van der Waals surface area contributed by atoms with Crippen LogP contribution in [0.15, 0.2) is 30.3 Å². The van der Waals surface area contributed by atoms with Crippen LogP contribution in [0.1, 0.15) is 69.6 Å². The summed E-state index contributed by atoms with van der Waals surface area (Å²) in [6, 6.07) is 10.5. The minimum atomic E-state index is 0.0833. The first-order chi connectivity index (χ1) is 8.40. The van der Waals surface area contributed by atoms with Crippen LogP contribution in [0, 0.1) is 0 Å². The molecule has 0 fully saturated rings. The second-order valence-electron chi connectivity index (χ2n) is 2.99. The van der Waals surface area contributed by atoms with Crippen molar-refractivity contribution >= 4 is 0 Å². The lowest BCUT2D eigenvalue weighted by Gasteiger charge is -1.89. The van der Waals surface area contributed by atoms with Gasteiger partial charge in [-0.3, -0.25) is 0 Å². The molecule has 0 bridgehead atoms. The summed E-state index contributed by atoms with van der Waals surface area (Å²) in [5, 5.41) is 0. The average molecular weight is 228 g/mol. The van der Waals surface area contributed by atoms with E-state index < -0.39 is 0 Å². The Labute approximate surface area is 107 Å². The fourth-order valence-electron chi connectivity index (χ4n) is 0.714. The molecular formula is C16H32. The zero-order chi connectivity index (χ0) is 15.0. The SMILES string of the molecule is CC.CCc1ccccc1.[3H]C(C)C.[3H]C(C)C. The Morgan fingerprint density at radius 2 is 1.12 bits per heavy atom. The third-order valence-electron chi connectivity index (χ3n) is 1.25. The van der Waals surface area contributed by atoms with Gasteiger partial charge in [-0.1, -0.05) is 91.6 Å². The van der Waals surface area contributed by atoms with E-state index in [0.717, 1.165) is 6.42 Å². The summed E-state index contributed by atoms with van der Waals surface area (Å²) in [5.74, 6) is 0. The quantitative estimate of drug-likeness (QED) is 0.544. The van der Waals surface area contributed by atoms with Crippen molar-refractivity contribution in [2.75, 3.05) is 0 Å². The topological polar surface area (TPSA) is 0 Å². The van der Waals surface area contributed by atoms with E-state index in [4.69, 9.17) is 2.74 Å². The van der Waals surface area contributed by atoms with Crippen LogP contribution in [-0.2, 0) is 6.42 Å². The Morgan fingerprint density at radius 1 is 0.812 bits per heavy atom. The van der Waals surface area contributed by atoms with Crippen molar-refractivity contribution in [1.82, 2.24) is 0 Å². The Bertz CT molecular complexity index is 206. The summed E-state index contributed by atoms with van der Waals surface area (Å²) in [7, 11) is 0. The Balaban J connectivity index is -0.000000194. The lowest BCUT2D eigenvalue weighted by molar-refractivity contribution is 1.09. The zero-order valence-corrected chi connectivity index (χ0v) is 12.2. The molecule has 0 amide bonds. The van der Waals surface area contributed by atoms with Crippen LogP contribution in [0.25, 0.3) is 0 Å². The van der Waals surface area contributed by atoms with Crippen molar-refractivity contribution in [2.45, 2.75) is 67.7 Å². The molecule has 16 heavy (non-hydrogen) atoms. The van der Waals surface area contributed by atoms with Gasteiger partial charge in [-0.2, -0.15) is 0 Å². The molecule has 0 aliphatic heterocycles. The van der Waals surface area contributed by atoms with Crippen molar-refractivity contribution in [2.24, 2.45) is 0 Å². The Morgan fingerprint density at radius 3 is 1.31 bits per heavy atom. The van der Waals surface area contributed by atoms with E-state index in [1.165, 1.54) is 5.56 Å². The molecule has 0 unspecified atom stereocenters. The van der Waals surface area contributed by atoms with Crippen LogP contribution >= 0.6 is 0 Å². The third kappa shape index (κ3) is 23.2. The predicted octanol–water partition coefficient (Wildman–Crippen LogP) is 6.11. The van der Waals surface area contributed by atoms with Crippen LogP contribution in [-0.4, -0.2) is 0 Å². The molecular weight excluding hydrogens is 192 g/mol. The highest BCUT2D eigenvalue weighted by molar-refractivity contribution is 5.13. The van der Waals surface area contributed by atoms with Gasteiger partial charge in [0.1, 0.15) is 0 Å². The molecule has 0 aromatic heterocycles. The number of benzene rings is 1. The van der Waals surface area contributed by atoms with Gasteiger partial charge in [0.05, 0.1) is 0 Å². The highest BCUT2D eigenvalue weighted by Gasteiger charge is 1.79. The smallest absolute Gasteiger partial charge is 0.0261 e. The van der Waals surface area contributed by atoms with E-state index in [2.05, 4.69) is 31.2 Å². The third-order valence-corrected chi connectivity index (χ3v) is 1.25. The summed E-state index contributed by atoms with van der Waals surface area (Å²) in [6.45, 7) is 13.5. The first-order valence-corrected chi connectivity index (χ1v) is 6.28. The van der Waals surface area contributed by atoms with Gasteiger partial charge in [0, 0.05) is 2.74 Å². The molecule has 0 radical (unpaired) electrons. The minimum Gasteiger partial charge on any atom is -0.0683 e. The van der Waals surface area contributed by atoms with Crippen LogP contribution in [0.5, 0.6) is 0 Å². The first-order valence-electron chi connectivity index (χ1n) is 7.44. The van der Waals surface area contributed by atoms with Crippen molar-refractivity contribution < 1.29 is 2.74 Å². The summed E-state index contributed by atoms with van der Waals surface area (Å²) in [4.78, 5) is 0. The second-order valence-corrected chi connectivity index (χ2v) is 2.99. The van der Waals surface area contributed by atoms with Gasteiger partial charge in [-0.15, -0.1) is 0 Å². The molecule has 96 valence electrons. The maximum atomic E-state index is 6.58. The second kappa shape index (κ2) is 23.8. The molecule has 0 aliphatic carbocycles. The largest absolute Gasteiger partial charge is 0.0683 e. The van der Waals surface area contributed by atoms with Crippen molar-refractivity contribution in [3.8, 4) is 0 Å². The summed E-state index contributed by atoms with van der Waals surface area (Å²) in [6.07, 6.45) is 1.31. The molecule has 0 N–H and O–H groups in total. The standard InChI is InChI=1S/C8H10.2C3H8.C2H6/c1-2-8-6-4-3-5-7-8;2*1-3-2;1-2/h3-7H,2H2,1H3;2*3H2,1-2H3;1-2H3/i;2*3T;. The van der Waals surface area contributed by atoms with E-state index in [-0.39, 0.29) is 12.8 Å². The highest BCUT2D eigenvalue weighted by atomic mass is 13.9. The molecule has 0 saturated heterocycles. The molecule has 0 heteroatoms. The van der Waals surface area contributed by atoms with E-state index >= 15 is 0 Å². The van der Waals surface area contributed by atoms with Crippen LogP contribution in [0.2, 0.25) is 0 Å². The molecule has 0 nitrogen and oxygen atoms in total. The predicted molar refractivity (Wildman–Crippen MR) is 79.1 cm³/mol. The maximum Gasteiger partial charge on any atom is 0.0261 e. The normalized spacial score (nSPS) is 9.56. The van der Waals surface area contributed by atoms with E-state index in [1.807, 2.05) is 47.6 Å². The van der Waals surface area contributed by atoms with E-state index in [0.29, 0.717) is 0 Å². The van der Waals surface area contributed by atoms with Gasteiger partial charge in [-0.25, -0.2) is 0 Å². The minimum absolute atomic E-state index is 0.0833. The van der Waals surface area contributed by atoms with Crippen molar-refractivity contribution in [3.63, 3.8) is 0 Å². The molecule has 0 atom stereocenters. The highest BCUT2D eigenvalue weighted by Crippen LogP contribution is 1.96. The number of hydrogen-bond acceptors (Lipinski definition) is 0. The molecule has 0 spiro atoms. The van der Waals surface area contributed by atoms with Crippen molar-refractivity contribution in [3.05, 3.63) is 35.9 Å². The molecule has 1 rings (SSSR count). The Kier molecular flexibility index (Phi) is 22.6. The average Bonchev–Trinajstić information content (AvgIpc) is 2.31. The summed E-state index contributed by atoms with van der Waals surface area (Å²) in [5.41, 5.74) is 1.41. The maximum absolute atomic E-state index is 6.58. The molecule has 1 aromatic carbocycles. The fraction of sp³-hybridized carbons (Fsp3) is 0.625. The number of aryl methyl sites for hydroxylation is 1. The zero-order valence-electron chi connectivity index (χ0n) is 14.2. The summed E-state index contributed by atoms with van der Waals surface area (Å²) < 4.78 is 13.2. The van der Waals surface area contributed by atoms with Crippen molar-refractivity contribution in [1.29, 1.82) is 0 Å². The lowest BCUT2D eigenvalue weighted by atomic mass is 10.2. The van der Waals surface area contributed by atoms with Crippen LogP contribution in [0.4, 0.5) is 0 Å². The van der Waals surface area contributed by atoms with Gasteiger partial charge >= 0.3 is 0 Å². The number of hydrogen-bond donors (Lipinski definition) is 0. The van der Waals surface area contributed by atoms with Gasteiger partial charge in [-0.05, 0) is 12.0 Å². The molecule has 1 aromatic rings. The van der Waals surface area contributed by atoms with Gasteiger partial charge in [0.2, 0.25) is 0 Å². The van der Waals surface area contributed by atoms with Crippen LogP contribution < -0.4 is 0 Å². The van der Waals surface area contributed by atoms with E-state index in [9.17, 15) is 0 Å².